The first kappa shape index (κ1) is 16.0. The van der Waals surface area contributed by atoms with Crippen molar-refractivity contribution in [2.45, 2.75) is 30.0 Å². The molecule has 2 aromatic rings. The fraction of sp³-hybridized carbons (Fsp3) is 0.250. The summed E-state index contributed by atoms with van der Waals surface area (Å²) < 4.78 is 64.9. The van der Waals surface area contributed by atoms with Crippen molar-refractivity contribution in [2.75, 3.05) is 0 Å². The number of hydrogen-bond donors (Lipinski definition) is 1. The van der Waals surface area contributed by atoms with Crippen LogP contribution in [-0.4, -0.2) is 8.42 Å². The van der Waals surface area contributed by atoms with Crippen LogP contribution in [0, 0.1) is 0 Å². The third-order valence-electron chi connectivity index (χ3n) is 3.92. The lowest BCUT2D eigenvalue weighted by Crippen LogP contribution is -2.27. The van der Waals surface area contributed by atoms with Crippen molar-refractivity contribution >= 4 is 10.0 Å². The summed E-state index contributed by atoms with van der Waals surface area (Å²) in [5.74, 6) is 0. The van der Waals surface area contributed by atoms with E-state index in [1.807, 2.05) is 24.3 Å². The number of hydrogen-bond acceptors (Lipinski definition) is 2. The van der Waals surface area contributed by atoms with Gasteiger partial charge in [0.15, 0.2) is 0 Å². The zero-order valence-electron chi connectivity index (χ0n) is 12.0. The zero-order chi connectivity index (χ0) is 16.7. The van der Waals surface area contributed by atoms with Gasteiger partial charge in [-0.25, -0.2) is 13.1 Å². The van der Waals surface area contributed by atoms with Crippen molar-refractivity contribution in [3.63, 3.8) is 0 Å². The smallest absolute Gasteiger partial charge is 0.207 e. The van der Waals surface area contributed by atoms with E-state index in [2.05, 4.69) is 4.72 Å². The van der Waals surface area contributed by atoms with E-state index in [4.69, 9.17) is 0 Å². The highest BCUT2D eigenvalue weighted by Crippen LogP contribution is 2.33. The summed E-state index contributed by atoms with van der Waals surface area (Å²) in [5, 5.41) is 0. The van der Waals surface area contributed by atoms with E-state index in [0.29, 0.717) is 6.42 Å². The van der Waals surface area contributed by atoms with Gasteiger partial charge < -0.3 is 0 Å². The minimum Gasteiger partial charge on any atom is -0.207 e. The van der Waals surface area contributed by atoms with Gasteiger partial charge in [-0.2, -0.15) is 13.2 Å². The summed E-state index contributed by atoms with van der Waals surface area (Å²) in [4.78, 5) is -0.171. The largest absolute Gasteiger partial charge is 0.416 e. The van der Waals surface area contributed by atoms with Crippen molar-refractivity contribution in [2.24, 2.45) is 0 Å². The van der Waals surface area contributed by atoms with Gasteiger partial charge in [0.1, 0.15) is 0 Å². The summed E-state index contributed by atoms with van der Waals surface area (Å²) in [6.45, 7) is 0. The molecule has 2 aromatic carbocycles. The third-order valence-corrected chi connectivity index (χ3v) is 5.41. The van der Waals surface area contributed by atoms with Gasteiger partial charge in [-0.05, 0) is 48.2 Å². The van der Waals surface area contributed by atoms with E-state index >= 15 is 0 Å². The maximum absolute atomic E-state index is 12.5. The fourth-order valence-corrected chi connectivity index (χ4v) is 4.01. The molecule has 7 heteroatoms. The average molecular weight is 341 g/mol. The number of nitrogens with one attached hydrogen (secondary N) is 1. The Balaban J connectivity index is 1.83. The Morgan fingerprint density at radius 1 is 1.00 bits per heavy atom. The highest BCUT2D eigenvalue weighted by molar-refractivity contribution is 7.89. The Bertz CT molecular complexity index is 814. The Morgan fingerprint density at radius 3 is 2.30 bits per heavy atom. The monoisotopic (exact) mass is 341 g/mol. The Kier molecular flexibility index (Phi) is 3.93. The van der Waals surface area contributed by atoms with Crippen LogP contribution in [0.15, 0.2) is 53.4 Å². The number of rotatable bonds is 3. The Morgan fingerprint density at radius 2 is 1.65 bits per heavy atom. The molecule has 1 N–H and O–H groups in total. The summed E-state index contributed by atoms with van der Waals surface area (Å²) in [7, 11) is -3.87. The van der Waals surface area contributed by atoms with E-state index in [-0.39, 0.29) is 10.9 Å². The molecule has 122 valence electrons. The standard InChI is InChI=1S/C16H14F3NO2S/c17-16(18,19)12-6-8-13(9-7-12)23(21,22)20-15-10-5-11-3-1-2-4-14(11)15/h1-4,6-9,15,20H,5,10H2/t15-/m1/s1. The molecule has 0 aromatic heterocycles. The summed E-state index contributed by atoms with van der Waals surface area (Å²) in [6, 6.07) is 10.7. The average Bonchev–Trinajstić information content (AvgIpc) is 2.89. The molecule has 0 spiro atoms. The summed E-state index contributed by atoms with van der Waals surface area (Å²) in [5.41, 5.74) is 1.14. The first-order chi connectivity index (χ1) is 10.8. The SMILES string of the molecule is O=S(=O)(N[C@@H]1CCc2ccccc21)c1ccc(C(F)(F)F)cc1. The minimum absolute atomic E-state index is 0.171. The van der Waals surface area contributed by atoms with E-state index < -0.39 is 21.8 Å². The minimum atomic E-state index is -4.49. The van der Waals surface area contributed by atoms with Crippen molar-refractivity contribution in [1.82, 2.24) is 4.72 Å². The van der Waals surface area contributed by atoms with Crippen LogP contribution in [0.1, 0.15) is 29.2 Å². The van der Waals surface area contributed by atoms with E-state index in [1.165, 1.54) is 0 Å². The van der Waals surface area contributed by atoms with Crippen LogP contribution in [-0.2, 0) is 22.6 Å². The maximum atomic E-state index is 12.5. The molecule has 0 unspecified atom stereocenters. The third kappa shape index (κ3) is 3.25. The van der Waals surface area contributed by atoms with Crippen molar-refractivity contribution in [1.29, 1.82) is 0 Å². The van der Waals surface area contributed by atoms with Gasteiger partial charge in [-0.1, -0.05) is 24.3 Å². The summed E-state index contributed by atoms with van der Waals surface area (Å²) >= 11 is 0. The zero-order valence-corrected chi connectivity index (χ0v) is 12.8. The number of aryl methyl sites for hydroxylation is 1. The van der Waals surface area contributed by atoms with Crippen LogP contribution >= 0.6 is 0 Å². The van der Waals surface area contributed by atoms with Gasteiger partial charge in [0.25, 0.3) is 0 Å². The Hall–Kier alpha value is -1.86. The highest BCUT2D eigenvalue weighted by Gasteiger charge is 2.31. The molecule has 0 bridgehead atoms. The predicted molar refractivity (Wildman–Crippen MR) is 79.3 cm³/mol. The second-order valence-electron chi connectivity index (χ2n) is 5.43. The Labute approximate surface area is 132 Å². The number of halogens is 3. The van der Waals surface area contributed by atoms with Gasteiger partial charge in [0.05, 0.1) is 10.5 Å². The van der Waals surface area contributed by atoms with Gasteiger partial charge >= 0.3 is 6.18 Å². The first-order valence-electron chi connectivity index (χ1n) is 7.05. The topological polar surface area (TPSA) is 46.2 Å². The molecule has 0 radical (unpaired) electrons. The van der Waals surface area contributed by atoms with E-state index in [0.717, 1.165) is 41.8 Å². The molecule has 3 rings (SSSR count). The molecule has 0 saturated carbocycles. The van der Waals surface area contributed by atoms with Gasteiger partial charge in [0.2, 0.25) is 10.0 Å². The normalized spacial score (nSPS) is 18.0. The predicted octanol–water partition coefficient (Wildman–Crippen LogP) is 3.67. The molecule has 1 aliphatic carbocycles. The second-order valence-corrected chi connectivity index (χ2v) is 7.15. The molecule has 0 heterocycles. The van der Waals surface area contributed by atoms with Gasteiger partial charge in [0, 0.05) is 6.04 Å². The molecule has 0 fully saturated rings. The van der Waals surface area contributed by atoms with Crippen molar-refractivity contribution in [3.05, 3.63) is 65.2 Å². The molecular weight excluding hydrogens is 327 g/mol. The molecule has 0 saturated heterocycles. The number of benzene rings is 2. The van der Waals surface area contributed by atoms with E-state index in [1.54, 1.807) is 0 Å². The molecule has 23 heavy (non-hydrogen) atoms. The lowest BCUT2D eigenvalue weighted by Gasteiger charge is -2.15. The molecular formula is C16H14F3NO2S. The van der Waals surface area contributed by atoms with E-state index in [9.17, 15) is 21.6 Å². The summed E-state index contributed by atoms with van der Waals surface area (Å²) in [6.07, 6.45) is -3.07. The second kappa shape index (κ2) is 5.65. The van der Waals surface area contributed by atoms with Crippen LogP contribution in [0.4, 0.5) is 13.2 Å². The maximum Gasteiger partial charge on any atom is 0.416 e. The first-order valence-corrected chi connectivity index (χ1v) is 8.53. The van der Waals surface area contributed by atoms with Gasteiger partial charge in [-0.3, -0.25) is 0 Å². The molecule has 3 nitrogen and oxygen atoms in total. The fourth-order valence-electron chi connectivity index (χ4n) is 2.76. The lowest BCUT2D eigenvalue weighted by molar-refractivity contribution is -0.137. The highest BCUT2D eigenvalue weighted by atomic mass is 32.2. The molecule has 0 amide bonds. The number of fused-ring (bicyclic) bond motifs is 1. The van der Waals surface area contributed by atoms with Crippen LogP contribution < -0.4 is 4.72 Å². The molecule has 1 aliphatic rings. The van der Waals surface area contributed by atoms with Crippen molar-refractivity contribution < 1.29 is 21.6 Å². The quantitative estimate of drug-likeness (QED) is 0.926. The number of alkyl halides is 3. The molecule has 1 atom stereocenters. The van der Waals surface area contributed by atoms with Crippen molar-refractivity contribution in [3.8, 4) is 0 Å². The van der Waals surface area contributed by atoms with Gasteiger partial charge in [-0.15, -0.1) is 0 Å². The van der Waals surface area contributed by atoms with Crippen LogP contribution in [0.5, 0.6) is 0 Å². The van der Waals surface area contributed by atoms with Crippen LogP contribution in [0.25, 0.3) is 0 Å². The molecule has 0 aliphatic heterocycles. The van der Waals surface area contributed by atoms with Crippen LogP contribution in [0.2, 0.25) is 0 Å². The van der Waals surface area contributed by atoms with Crippen LogP contribution in [0.3, 0.4) is 0 Å². The lowest BCUT2D eigenvalue weighted by atomic mass is 10.1. The number of sulfonamides is 1.